The minimum Gasteiger partial charge on any atom is -0.198 e. The third-order valence-corrected chi connectivity index (χ3v) is 2.39. The predicted octanol–water partition coefficient (Wildman–Crippen LogP) is 3.03. The van der Waals surface area contributed by atoms with E-state index in [2.05, 4.69) is 6.07 Å². The third-order valence-electron chi connectivity index (χ3n) is 1.28. The lowest BCUT2D eigenvalue weighted by molar-refractivity contribution is 0.990. The third kappa shape index (κ3) is 1.50. The zero-order chi connectivity index (χ0) is 7.56. The molecule has 0 amide bonds. The van der Waals surface area contributed by atoms with Crippen LogP contribution < -0.4 is 0 Å². The summed E-state index contributed by atoms with van der Waals surface area (Å²) in [6.07, 6.45) is 0. The van der Waals surface area contributed by atoms with Crippen molar-refractivity contribution in [2.24, 2.45) is 0 Å². The fraction of sp³-hybridized carbons (Fsp3) is 0.286. The van der Waals surface area contributed by atoms with Gasteiger partial charge >= 0.3 is 0 Å². The van der Waals surface area contributed by atoms with E-state index >= 15 is 0 Å². The van der Waals surface area contributed by atoms with Gasteiger partial charge in [0.1, 0.15) is 0 Å². The van der Waals surface area contributed by atoms with Crippen LogP contribution in [0.25, 0.3) is 0 Å². The standard InChI is InChI=1S/C7H6ClNS/c1-5(3-9)6-2-7(8)10-4-6/h2,4-5H,1H3. The second-order valence-electron chi connectivity index (χ2n) is 2.03. The summed E-state index contributed by atoms with van der Waals surface area (Å²) < 4.78 is 0.747. The van der Waals surface area contributed by atoms with Crippen LogP contribution in [0.4, 0.5) is 0 Å². The van der Waals surface area contributed by atoms with Gasteiger partial charge in [-0.2, -0.15) is 5.26 Å². The predicted molar refractivity (Wildman–Crippen MR) is 43.4 cm³/mol. The lowest BCUT2D eigenvalue weighted by Gasteiger charge is -1.93. The molecule has 1 unspecified atom stereocenters. The molecule has 0 saturated carbocycles. The van der Waals surface area contributed by atoms with Crippen molar-refractivity contribution in [2.45, 2.75) is 12.8 Å². The van der Waals surface area contributed by atoms with E-state index in [-0.39, 0.29) is 5.92 Å². The quantitative estimate of drug-likeness (QED) is 0.637. The highest BCUT2D eigenvalue weighted by Crippen LogP contribution is 2.25. The first kappa shape index (κ1) is 7.59. The lowest BCUT2D eigenvalue weighted by Crippen LogP contribution is -1.83. The van der Waals surface area contributed by atoms with Crippen molar-refractivity contribution in [3.05, 3.63) is 21.3 Å². The highest BCUT2D eigenvalue weighted by atomic mass is 35.5. The number of thiophene rings is 1. The SMILES string of the molecule is CC(C#N)c1csc(Cl)c1. The van der Waals surface area contributed by atoms with Crippen LogP contribution in [-0.4, -0.2) is 0 Å². The van der Waals surface area contributed by atoms with Crippen molar-refractivity contribution in [1.82, 2.24) is 0 Å². The Morgan fingerprint density at radius 2 is 2.50 bits per heavy atom. The molecule has 0 bridgehead atoms. The number of hydrogen-bond donors (Lipinski definition) is 0. The van der Waals surface area contributed by atoms with Crippen molar-refractivity contribution < 1.29 is 0 Å². The molecule has 0 aromatic carbocycles. The fourth-order valence-electron chi connectivity index (χ4n) is 0.625. The van der Waals surface area contributed by atoms with Gasteiger partial charge in [0, 0.05) is 0 Å². The van der Waals surface area contributed by atoms with Crippen LogP contribution in [0.5, 0.6) is 0 Å². The molecule has 0 N–H and O–H groups in total. The van der Waals surface area contributed by atoms with Crippen LogP contribution >= 0.6 is 22.9 Å². The molecule has 0 spiro atoms. The van der Waals surface area contributed by atoms with E-state index < -0.39 is 0 Å². The Labute approximate surface area is 68.9 Å². The van der Waals surface area contributed by atoms with E-state index in [9.17, 15) is 0 Å². The van der Waals surface area contributed by atoms with E-state index in [0.717, 1.165) is 9.90 Å². The molecular weight excluding hydrogens is 166 g/mol. The van der Waals surface area contributed by atoms with Crippen LogP contribution in [0.3, 0.4) is 0 Å². The number of hydrogen-bond acceptors (Lipinski definition) is 2. The molecule has 1 aromatic rings. The first-order chi connectivity index (χ1) is 4.74. The van der Waals surface area contributed by atoms with E-state index in [1.165, 1.54) is 11.3 Å². The molecule has 52 valence electrons. The molecular formula is C7H6ClNS. The largest absolute Gasteiger partial charge is 0.198 e. The molecule has 1 atom stereocenters. The highest BCUT2D eigenvalue weighted by Gasteiger charge is 2.04. The first-order valence-electron chi connectivity index (χ1n) is 2.87. The van der Waals surface area contributed by atoms with Crippen molar-refractivity contribution >= 4 is 22.9 Å². The Morgan fingerprint density at radius 1 is 1.80 bits per heavy atom. The number of halogens is 1. The summed E-state index contributed by atoms with van der Waals surface area (Å²) in [5.41, 5.74) is 1.01. The molecule has 10 heavy (non-hydrogen) atoms. The molecule has 0 saturated heterocycles. The van der Waals surface area contributed by atoms with Gasteiger partial charge in [0.05, 0.1) is 16.3 Å². The summed E-state index contributed by atoms with van der Waals surface area (Å²) in [4.78, 5) is 0. The fourth-order valence-corrected chi connectivity index (χ4v) is 1.61. The molecule has 3 heteroatoms. The summed E-state index contributed by atoms with van der Waals surface area (Å²) in [6, 6.07) is 3.98. The zero-order valence-corrected chi connectivity index (χ0v) is 7.04. The van der Waals surface area contributed by atoms with Gasteiger partial charge in [-0.3, -0.25) is 0 Å². The van der Waals surface area contributed by atoms with Gasteiger partial charge in [-0.25, -0.2) is 0 Å². The van der Waals surface area contributed by atoms with Crippen molar-refractivity contribution in [2.75, 3.05) is 0 Å². The van der Waals surface area contributed by atoms with Gasteiger partial charge < -0.3 is 0 Å². The smallest absolute Gasteiger partial charge is 0.0931 e. The molecule has 0 aliphatic rings. The van der Waals surface area contributed by atoms with Gasteiger partial charge in [0.25, 0.3) is 0 Å². The number of rotatable bonds is 1. The first-order valence-corrected chi connectivity index (χ1v) is 4.13. The normalized spacial score (nSPS) is 12.5. The van der Waals surface area contributed by atoms with E-state index in [1.807, 2.05) is 18.4 Å². The van der Waals surface area contributed by atoms with Crippen LogP contribution in [0.1, 0.15) is 18.4 Å². The van der Waals surface area contributed by atoms with Gasteiger partial charge in [0.15, 0.2) is 0 Å². The number of nitrogens with zero attached hydrogens (tertiary/aromatic N) is 1. The van der Waals surface area contributed by atoms with Crippen LogP contribution in [0.2, 0.25) is 4.34 Å². The average Bonchev–Trinajstić information content (AvgIpc) is 2.34. The highest BCUT2D eigenvalue weighted by molar-refractivity contribution is 7.14. The zero-order valence-electron chi connectivity index (χ0n) is 5.47. The Morgan fingerprint density at radius 3 is 2.90 bits per heavy atom. The Kier molecular flexibility index (Phi) is 2.31. The van der Waals surface area contributed by atoms with Gasteiger partial charge in [-0.15, -0.1) is 11.3 Å². The summed E-state index contributed by atoms with van der Waals surface area (Å²) >= 11 is 7.13. The molecule has 0 aliphatic carbocycles. The second kappa shape index (κ2) is 3.05. The average molecular weight is 172 g/mol. The van der Waals surface area contributed by atoms with Gasteiger partial charge in [-0.1, -0.05) is 11.6 Å². The monoisotopic (exact) mass is 171 g/mol. The topological polar surface area (TPSA) is 23.8 Å². The summed E-state index contributed by atoms with van der Waals surface area (Å²) in [5, 5.41) is 10.4. The molecule has 1 aromatic heterocycles. The minimum atomic E-state index is -0.0382. The number of nitriles is 1. The lowest BCUT2D eigenvalue weighted by atomic mass is 10.1. The molecule has 0 aliphatic heterocycles. The van der Waals surface area contributed by atoms with Crippen LogP contribution in [-0.2, 0) is 0 Å². The summed E-state index contributed by atoms with van der Waals surface area (Å²) in [7, 11) is 0. The van der Waals surface area contributed by atoms with Crippen molar-refractivity contribution in [1.29, 1.82) is 5.26 Å². The Bertz CT molecular complexity index is 261. The maximum absolute atomic E-state index is 8.51. The molecule has 0 radical (unpaired) electrons. The molecule has 1 heterocycles. The van der Waals surface area contributed by atoms with Crippen LogP contribution in [0.15, 0.2) is 11.4 Å². The summed E-state index contributed by atoms with van der Waals surface area (Å²) in [5.74, 6) is -0.0382. The van der Waals surface area contributed by atoms with E-state index in [1.54, 1.807) is 0 Å². The summed E-state index contributed by atoms with van der Waals surface area (Å²) in [6.45, 7) is 1.86. The van der Waals surface area contributed by atoms with Crippen molar-refractivity contribution in [3.63, 3.8) is 0 Å². The molecule has 0 fully saturated rings. The van der Waals surface area contributed by atoms with Gasteiger partial charge in [-0.05, 0) is 23.9 Å². The molecule has 1 nitrogen and oxygen atoms in total. The second-order valence-corrected chi connectivity index (χ2v) is 3.58. The van der Waals surface area contributed by atoms with Gasteiger partial charge in [0.2, 0.25) is 0 Å². The van der Waals surface area contributed by atoms with Crippen molar-refractivity contribution in [3.8, 4) is 6.07 Å². The van der Waals surface area contributed by atoms with Crippen LogP contribution in [0, 0.1) is 11.3 Å². The maximum atomic E-state index is 8.51. The Balaban J connectivity index is 2.87. The maximum Gasteiger partial charge on any atom is 0.0931 e. The molecule has 1 rings (SSSR count). The van der Waals surface area contributed by atoms with E-state index in [4.69, 9.17) is 16.9 Å². The Hall–Kier alpha value is -0.520. The van der Waals surface area contributed by atoms with E-state index in [0.29, 0.717) is 0 Å². The minimum absolute atomic E-state index is 0.0382.